The van der Waals surface area contributed by atoms with E-state index in [0.29, 0.717) is 6.04 Å². The summed E-state index contributed by atoms with van der Waals surface area (Å²) in [5, 5.41) is 8.95. The zero-order valence-electron chi connectivity index (χ0n) is 14.3. The van der Waals surface area contributed by atoms with E-state index in [0.717, 1.165) is 45.2 Å². The zero-order valence-corrected chi connectivity index (χ0v) is 17.4. The highest BCUT2D eigenvalue weighted by molar-refractivity contribution is 14.0. The monoisotopic (exact) mass is 452 g/mol. The van der Waals surface area contributed by atoms with Crippen molar-refractivity contribution < 1.29 is 4.74 Å². The maximum atomic E-state index is 5.05. The van der Waals surface area contributed by atoms with Crippen molar-refractivity contribution >= 4 is 41.3 Å². The second-order valence-corrected chi connectivity index (χ2v) is 6.67. The first-order valence-corrected chi connectivity index (χ1v) is 8.85. The third kappa shape index (κ3) is 6.56. The van der Waals surface area contributed by atoms with E-state index in [1.54, 1.807) is 12.0 Å². The van der Waals surface area contributed by atoms with Gasteiger partial charge in [-0.15, -0.1) is 35.3 Å². The summed E-state index contributed by atoms with van der Waals surface area (Å²) in [7, 11) is 3.54. The van der Waals surface area contributed by atoms with Gasteiger partial charge in [0.1, 0.15) is 0 Å². The van der Waals surface area contributed by atoms with Crippen LogP contribution in [-0.2, 0) is 17.7 Å². The lowest BCUT2D eigenvalue weighted by Crippen LogP contribution is -2.47. The summed E-state index contributed by atoms with van der Waals surface area (Å²) in [5.41, 5.74) is 1.50. The van der Waals surface area contributed by atoms with Crippen molar-refractivity contribution in [2.24, 2.45) is 4.99 Å². The molecule has 1 aromatic heterocycles. The molecule has 1 aliphatic heterocycles. The van der Waals surface area contributed by atoms with Gasteiger partial charge in [0, 0.05) is 57.9 Å². The van der Waals surface area contributed by atoms with Crippen molar-refractivity contribution in [3.05, 3.63) is 21.9 Å². The highest BCUT2D eigenvalue weighted by Gasteiger charge is 2.21. The van der Waals surface area contributed by atoms with Gasteiger partial charge in [0.25, 0.3) is 0 Å². The first-order valence-electron chi connectivity index (χ1n) is 7.97. The molecule has 7 heteroatoms. The van der Waals surface area contributed by atoms with Gasteiger partial charge in [0.2, 0.25) is 0 Å². The van der Waals surface area contributed by atoms with E-state index >= 15 is 0 Å². The second-order valence-electron chi connectivity index (χ2n) is 5.66. The molecule has 1 aromatic rings. The number of hydrogen-bond acceptors (Lipinski definition) is 4. The number of thiophene rings is 1. The molecule has 0 spiro atoms. The Morgan fingerprint density at radius 1 is 1.48 bits per heavy atom. The fourth-order valence-corrected chi connectivity index (χ4v) is 3.55. The van der Waals surface area contributed by atoms with E-state index in [4.69, 9.17) is 4.74 Å². The Bertz CT molecular complexity index is 480. The summed E-state index contributed by atoms with van der Waals surface area (Å²) in [6.07, 6.45) is 2.17. The van der Waals surface area contributed by atoms with E-state index in [1.807, 2.05) is 18.4 Å². The maximum absolute atomic E-state index is 5.05. The molecule has 1 aliphatic rings. The van der Waals surface area contributed by atoms with Crippen LogP contribution in [0, 0.1) is 0 Å². The number of nitrogens with one attached hydrogen (secondary N) is 2. The van der Waals surface area contributed by atoms with Crippen molar-refractivity contribution in [3.63, 3.8) is 0 Å². The number of guanidine groups is 1. The molecule has 0 saturated heterocycles. The largest absolute Gasteiger partial charge is 0.385 e. The van der Waals surface area contributed by atoms with Gasteiger partial charge < -0.3 is 15.4 Å². The number of methoxy groups -OCH3 is 1. The van der Waals surface area contributed by atoms with Crippen molar-refractivity contribution in [2.45, 2.75) is 32.4 Å². The Hall–Kier alpha value is -0.380. The third-order valence-electron chi connectivity index (χ3n) is 4.07. The summed E-state index contributed by atoms with van der Waals surface area (Å²) < 4.78 is 5.05. The molecule has 0 amide bonds. The van der Waals surface area contributed by atoms with Gasteiger partial charge in [-0.1, -0.05) is 0 Å². The van der Waals surface area contributed by atoms with Gasteiger partial charge in [-0.25, -0.2) is 0 Å². The van der Waals surface area contributed by atoms with Crippen LogP contribution in [0.15, 0.2) is 16.4 Å². The van der Waals surface area contributed by atoms with E-state index in [-0.39, 0.29) is 24.0 Å². The van der Waals surface area contributed by atoms with Crippen LogP contribution in [0.5, 0.6) is 0 Å². The number of aliphatic imine (C=N–C) groups is 1. The van der Waals surface area contributed by atoms with Gasteiger partial charge in [-0.3, -0.25) is 9.89 Å². The first kappa shape index (κ1) is 20.7. The molecule has 0 bridgehead atoms. The summed E-state index contributed by atoms with van der Waals surface area (Å²) in [5.74, 6) is 0.871. The normalized spacial score (nSPS) is 16.4. The Morgan fingerprint density at radius 2 is 2.30 bits per heavy atom. The van der Waals surface area contributed by atoms with Crippen molar-refractivity contribution in [1.29, 1.82) is 0 Å². The summed E-state index contributed by atoms with van der Waals surface area (Å²) in [6, 6.07) is 2.76. The van der Waals surface area contributed by atoms with Crippen LogP contribution in [0.4, 0.5) is 0 Å². The highest BCUT2D eigenvalue weighted by Crippen LogP contribution is 2.24. The smallest absolute Gasteiger partial charge is 0.191 e. The minimum Gasteiger partial charge on any atom is -0.385 e. The SMILES string of the molecule is CN=C(NCCCOC)NCC(C)N1CCc2sccc2C1.I. The zero-order chi connectivity index (χ0) is 15.8. The molecule has 2 N–H and O–H groups in total. The topological polar surface area (TPSA) is 48.9 Å². The van der Waals surface area contributed by atoms with E-state index < -0.39 is 0 Å². The van der Waals surface area contributed by atoms with Crippen LogP contribution < -0.4 is 10.6 Å². The van der Waals surface area contributed by atoms with Crippen molar-refractivity contribution in [1.82, 2.24) is 15.5 Å². The Morgan fingerprint density at radius 3 is 3.04 bits per heavy atom. The molecule has 132 valence electrons. The van der Waals surface area contributed by atoms with Gasteiger partial charge in [0.15, 0.2) is 5.96 Å². The predicted molar refractivity (Wildman–Crippen MR) is 109 cm³/mol. The summed E-state index contributed by atoms with van der Waals surface area (Å²) in [4.78, 5) is 8.37. The van der Waals surface area contributed by atoms with Gasteiger partial charge in [-0.2, -0.15) is 0 Å². The molecule has 0 fully saturated rings. The lowest BCUT2D eigenvalue weighted by molar-refractivity contribution is 0.192. The fourth-order valence-electron chi connectivity index (χ4n) is 2.66. The van der Waals surface area contributed by atoms with Gasteiger partial charge in [0.05, 0.1) is 0 Å². The molecule has 0 saturated carbocycles. The van der Waals surface area contributed by atoms with E-state index in [9.17, 15) is 0 Å². The lowest BCUT2D eigenvalue weighted by atomic mass is 10.1. The minimum absolute atomic E-state index is 0. The first-order chi connectivity index (χ1) is 10.7. The van der Waals surface area contributed by atoms with Crippen molar-refractivity contribution in [3.8, 4) is 0 Å². The van der Waals surface area contributed by atoms with E-state index in [2.05, 4.69) is 38.9 Å². The molecule has 1 unspecified atom stereocenters. The Kier molecular flexibility index (Phi) is 10.1. The number of ether oxygens (including phenoxy) is 1. The molecule has 23 heavy (non-hydrogen) atoms. The molecule has 2 heterocycles. The van der Waals surface area contributed by atoms with Crippen LogP contribution in [0.25, 0.3) is 0 Å². The number of halogens is 1. The van der Waals surface area contributed by atoms with Crippen LogP contribution in [0.3, 0.4) is 0 Å². The minimum atomic E-state index is 0. The molecule has 5 nitrogen and oxygen atoms in total. The maximum Gasteiger partial charge on any atom is 0.191 e. The van der Waals surface area contributed by atoms with Gasteiger partial charge in [-0.05, 0) is 36.8 Å². The third-order valence-corrected chi connectivity index (χ3v) is 5.09. The second kappa shape index (κ2) is 11.2. The molecular formula is C16H29IN4OS. The molecule has 0 aliphatic carbocycles. The Balaban J connectivity index is 0.00000264. The lowest BCUT2D eigenvalue weighted by Gasteiger charge is -2.32. The average Bonchev–Trinajstić information content (AvgIpc) is 3.01. The van der Waals surface area contributed by atoms with Crippen molar-refractivity contribution in [2.75, 3.05) is 40.4 Å². The fraction of sp³-hybridized carbons (Fsp3) is 0.688. The molecule has 0 radical (unpaired) electrons. The number of nitrogens with zero attached hydrogens (tertiary/aromatic N) is 2. The predicted octanol–water partition coefficient (Wildman–Crippen LogP) is 2.31. The number of rotatable bonds is 7. The highest BCUT2D eigenvalue weighted by atomic mass is 127. The van der Waals surface area contributed by atoms with E-state index in [1.165, 1.54) is 12.0 Å². The molecule has 2 rings (SSSR count). The quantitative estimate of drug-likeness (QED) is 0.289. The molecule has 1 atom stereocenters. The summed E-state index contributed by atoms with van der Waals surface area (Å²) in [6.45, 7) is 7.06. The standard InChI is InChI=1S/C16H28N4OS.HI/c1-13(11-19-16(17-2)18-7-4-9-21-3)20-8-5-15-14(12-20)6-10-22-15;/h6,10,13H,4-5,7-9,11-12H2,1-3H3,(H2,17,18,19);1H. The molecular weight excluding hydrogens is 423 g/mol. The summed E-state index contributed by atoms with van der Waals surface area (Å²) >= 11 is 1.89. The van der Waals surface area contributed by atoms with Gasteiger partial charge >= 0.3 is 0 Å². The number of fused-ring (bicyclic) bond motifs is 1. The van der Waals surface area contributed by atoms with Crippen LogP contribution in [0.2, 0.25) is 0 Å². The van der Waals surface area contributed by atoms with Crippen LogP contribution in [0.1, 0.15) is 23.8 Å². The average molecular weight is 452 g/mol. The van der Waals surface area contributed by atoms with Crippen LogP contribution in [-0.4, -0.2) is 57.3 Å². The molecule has 0 aromatic carbocycles. The number of hydrogen-bond donors (Lipinski definition) is 2. The van der Waals surface area contributed by atoms with Crippen LogP contribution >= 0.6 is 35.3 Å². The Labute approximate surface area is 160 Å².